The second-order valence-corrected chi connectivity index (χ2v) is 2.60. The molecule has 0 atom stereocenters. The van der Waals surface area contributed by atoms with Crippen LogP contribution in [0.2, 0.25) is 5.15 Å². The Balaban J connectivity index is 2.92. The maximum absolute atomic E-state index is 10.4. The molecular formula is C6H8ClN3O2. The van der Waals surface area contributed by atoms with Gasteiger partial charge in [-0.05, 0) is 6.42 Å². The van der Waals surface area contributed by atoms with Gasteiger partial charge < -0.3 is 5.11 Å². The third-order valence-electron chi connectivity index (χ3n) is 1.24. The van der Waals surface area contributed by atoms with Gasteiger partial charge in [-0.1, -0.05) is 18.5 Å². The van der Waals surface area contributed by atoms with Crippen LogP contribution in [0.1, 0.15) is 23.8 Å². The Hall–Kier alpha value is -1.10. The average molecular weight is 190 g/mol. The van der Waals surface area contributed by atoms with Gasteiger partial charge in [0.1, 0.15) is 0 Å². The first-order valence-electron chi connectivity index (χ1n) is 3.49. The molecule has 0 aliphatic carbocycles. The molecule has 1 rings (SSSR count). The fourth-order valence-electron chi connectivity index (χ4n) is 0.759. The Kier molecular flexibility index (Phi) is 2.65. The van der Waals surface area contributed by atoms with Crippen molar-refractivity contribution in [1.29, 1.82) is 0 Å². The van der Waals surface area contributed by atoms with E-state index in [4.69, 9.17) is 16.7 Å². The topological polar surface area (TPSA) is 68.0 Å². The van der Waals surface area contributed by atoms with E-state index in [9.17, 15) is 4.79 Å². The predicted molar refractivity (Wildman–Crippen MR) is 42.3 cm³/mol. The highest BCUT2D eigenvalue weighted by Gasteiger charge is 2.14. The Morgan fingerprint density at radius 2 is 2.33 bits per heavy atom. The van der Waals surface area contributed by atoms with E-state index >= 15 is 0 Å². The number of nitrogens with zero attached hydrogens (tertiary/aromatic N) is 3. The van der Waals surface area contributed by atoms with E-state index < -0.39 is 5.97 Å². The maximum Gasteiger partial charge on any atom is 0.359 e. The highest BCUT2D eigenvalue weighted by molar-refractivity contribution is 6.31. The molecule has 1 aromatic heterocycles. The molecule has 0 amide bonds. The van der Waals surface area contributed by atoms with Gasteiger partial charge in [0.05, 0.1) is 6.54 Å². The number of carboxylic acid groups (broad SMARTS) is 1. The van der Waals surface area contributed by atoms with Gasteiger partial charge in [0, 0.05) is 0 Å². The van der Waals surface area contributed by atoms with Crippen LogP contribution in [0.5, 0.6) is 0 Å². The smallest absolute Gasteiger partial charge is 0.359 e. The summed E-state index contributed by atoms with van der Waals surface area (Å²) >= 11 is 5.50. The number of hydrogen-bond acceptors (Lipinski definition) is 3. The molecule has 0 aliphatic rings. The van der Waals surface area contributed by atoms with Crippen molar-refractivity contribution in [2.24, 2.45) is 0 Å². The first-order chi connectivity index (χ1) is 5.65. The van der Waals surface area contributed by atoms with Crippen LogP contribution >= 0.6 is 11.6 Å². The Morgan fingerprint density at radius 3 is 2.75 bits per heavy atom. The van der Waals surface area contributed by atoms with Gasteiger partial charge in [-0.15, -0.1) is 10.2 Å². The summed E-state index contributed by atoms with van der Waals surface area (Å²) in [5.74, 6) is -1.15. The van der Waals surface area contributed by atoms with Gasteiger partial charge in [-0.25, -0.2) is 4.79 Å². The number of carboxylic acids is 1. The van der Waals surface area contributed by atoms with Gasteiger partial charge in [-0.3, -0.25) is 0 Å². The van der Waals surface area contributed by atoms with Gasteiger partial charge in [0.25, 0.3) is 0 Å². The lowest BCUT2D eigenvalue weighted by molar-refractivity contribution is 0.0689. The standard InChI is InChI=1S/C6H8ClN3O2/c1-2-3-10-8-4(6(11)12)5(7)9-10/h2-3H2,1H3,(H,11,12). The lowest BCUT2D eigenvalue weighted by Gasteiger charge is -1.91. The third kappa shape index (κ3) is 1.73. The predicted octanol–water partition coefficient (Wildman–Crippen LogP) is 1.04. The zero-order chi connectivity index (χ0) is 9.14. The molecule has 1 heterocycles. The first-order valence-corrected chi connectivity index (χ1v) is 3.87. The monoisotopic (exact) mass is 189 g/mol. The molecule has 5 nitrogen and oxygen atoms in total. The number of halogens is 1. The van der Waals surface area contributed by atoms with Crippen molar-refractivity contribution < 1.29 is 9.90 Å². The molecule has 6 heteroatoms. The molecule has 0 fully saturated rings. The van der Waals surface area contributed by atoms with Crippen LogP contribution < -0.4 is 0 Å². The van der Waals surface area contributed by atoms with E-state index in [2.05, 4.69) is 10.2 Å². The van der Waals surface area contributed by atoms with Crippen LogP contribution in [0.15, 0.2) is 0 Å². The highest BCUT2D eigenvalue weighted by Crippen LogP contribution is 2.09. The summed E-state index contributed by atoms with van der Waals surface area (Å²) in [7, 11) is 0. The number of aromatic carboxylic acids is 1. The lowest BCUT2D eigenvalue weighted by atomic mass is 10.5. The number of rotatable bonds is 3. The molecule has 1 N–H and O–H groups in total. The van der Waals surface area contributed by atoms with Crippen molar-refractivity contribution in [1.82, 2.24) is 15.0 Å². The van der Waals surface area contributed by atoms with Crippen LogP contribution in [-0.2, 0) is 6.54 Å². The zero-order valence-electron chi connectivity index (χ0n) is 6.49. The van der Waals surface area contributed by atoms with Gasteiger partial charge in [0.2, 0.25) is 5.69 Å². The van der Waals surface area contributed by atoms with Crippen molar-refractivity contribution in [3.05, 3.63) is 10.8 Å². The van der Waals surface area contributed by atoms with Crippen LogP contribution in [0.3, 0.4) is 0 Å². The lowest BCUT2D eigenvalue weighted by Crippen LogP contribution is -2.03. The quantitative estimate of drug-likeness (QED) is 0.772. The molecule has 0 spiro atoms. The summed E-state index contributed by atoms with van der Waals surface area (Å²) < 4.78 is 0. The Morgan fingerprint density at radius 1 is 1.67 bits per heavy atom. The molecule has 0 bridgehead atoms. The molecule has 0 unspecified atom stereocenters. The van der Waals surface area contributed by atoms with Crippen LogP contribution in [0, 0.1) is 0 Å². The van der Waals surface area contributed by atoms with Crippen molar-refractivity contribution in [2.75, 3.05) is 0 Å². The summed E-state index contributed by atoms with van der Waals surface area (Å²) in [6.07, 6.45) is 0.837. The normalized spacial score (nSPS) is 10.2. The molecule has 0 saturated heterocycles. The van der Waals surface area contributed by atoms with Gasteiger partial charge in [-0.2, -0.15) is 4.80 Å². The number of carbonyl (C=O) groups is 1. The SMILES string of the molecule is CCCn1nc(Cl)c(C(=O)O)n1. The Bertz CT molecular complexity index is 297. The van der Waals surface area contributed by atoms with Gasteiger partial charge >= 0.3 is 5.97 Å². The second-order valence-electron chi connectivity index (χ2n) is 2.24. The maximum atomic E-state index is 10.4. The number of aryl methyl sites for hydroxylation is 1. The van der Waals surface area contributed by atoms with E-state index in [1.54, 1.807) is 0 Å². The van der Waals surface area contributed by atoms with Crippen molar-refractivity contribution >= 4 is 17.6 Å². The third-order valence-corrected chi connectivity index (χ3v) is 1.49. The Labute approximate surface area is 73.9 Å². The minimum Gasteiger partial charge on any atom is -0.476 e. The summed E-state index contributed by atoms with van der Waals surface area (Å²) in [5, 5.41) is 15.9. The molecule has 0 aliphatic heterocycles. The van der Waals surface area contributed by atoms with Crippen LogP contribution in [0.25, 0.3) is 0 Å². The molecule has 12 heavy (non-hydrogen) atoms. The molecule has 66 valence electrons. The van der Waals surface area contributed by atoms with Crippen LogP contribution in [0.4, 0.5) is 0 Å². The van der Waals surface area contributed by atoms with E-state index in [-0.39, 0.29) is 10.8 Å². The average Bonchev–Trinajstić information content (AvgIpc) is 2.32. The molecule has 0 aromatic carbocycles. The molecule has 1 aromatic rings. The van der Waals surface area contributed by atoms with Crippen molar-refractivity contribution in [3.63, 3.8) is 0 Å². The van der Waals surface area contributed by atoms with Crippen LogP contribution in [-0.4, -0.2) is 26.1 Å². The summed E-state index contributed by atoms with van der Waals surface area (Å²) in [4.78, 5) is 11.7. The van der Waals surface area contributed by atoms with E-state index in [0.29, 0.717) is 6.54 Å². The fourth-order valence-corrected chi connectivity index (χ4v) is 0.965. The largest absolute Gasteiger partial charge is 0.476 e. The van der Waals surface area contributed by atoms with E-state index in [1.165, 1.54) is 4.80 Å². The summed E-state index contributed by atoms with van der Waals surface area (Å²) in [6.45, 7) is 2.52. The van der Waals surface area contributed by atoms with E-state index in [0.717, 1.165) is 6.42 Å². The number of aromatic nitrogens is 3. The van der Waals surface area contributed by atoms with Crippen molar-refractivity contribution in [2.45, 2.75) is 19.9 Å². The second kappa shape index (κ2) is 3.53. The fraction of sp³-hybridized carbons (Fsp3) is 0.500. The molecule has 0 saturated carbocycles. The zero-order valence-corrected chi connectivity index (χ0v) is 7.25. The highest BCUT2D eigenvalue weighted by atomic mass is 35.5. The van der Waals surface area contributed by atoms with Gasteiger partial charge in [0.15, 0.2) is 5.15 Å². The summed E-state index contributed by atoms with van der Waals surface area (Å²) in [6, 6.07) is 0. The van der Waals surface area contributed by atoms with E-state index in [1.807, 2.05) is 6.92 Å². The minimum absolute atomic E-state index is 0.0593. The summed E-state index contributed by atoms with van der Waals surface area (Å²) in [5.41, 5.74) is -0.190. The minimum atomic E-state index is -1.15. The number of hydrogen-bond donors (Lipinski definition) is 1. The first kappa shape index (κ1) is 8.99. The molecule has 0 radical (unpaired) electrons. The van der Waals surface area contributed by atoms with Crippen molar-refractivity contribution in [3.8, 4) is 0 Å². The molecular weight excluding hydrogens is 182 g/mol.